The lowest BCUT2D eigenvalue weighted by Crippen LogP contribution is -2.59. The van der Waals surface area contributed by atoms with Gasteiger partial charge in [-0.1, -0.05) is 43.0 Å². The quantitative estimate of drug-likeness (QED) is 0.895. The maximum atomic E-state index is 12.4. The molecule has 2 atom stereocenters. The van der Waals surface area contributed by atoms with Gasteiger partial charge >= 0.3 is 0 Å². The van der Waals surface area contributed by atoms with Crippen LogP contribution in [0.4, 0.5) is 0 Å². The van der Waals surface area contributed by atoms with E-state index in [-0.39, 0.29) is 11.4 Å². The topological polar surface area (TPSA) is 55.1 Å². The van der Waals surface area contributed by atoms with E-state index in [1.165, 1.54) is 6.42 Å². The van der Waals surface area contributed by atoms with Gasteiger partial charge in [0.1, 0.15) is 0 Å². The number of hydrogen-bond acceptors (Lipinski definition) is 2. The summed E-state index contributed by atoms with van der Waals surface area (Å²) in [5.41, 5.74) is 6.16. The van der Waals surface area contributed by atoms with Crippen LogP contribution in [0.5, 0.6) is 0 Å². The Morgan fingerprint density at radius 3 is 2.75 bits per heavy atom. The average Bonchev–Trinajstić information content (AvgIpc) is 2.44. The van der Waals surface area contributed by atoms with Gasteiger partial charge in [-0.15, -0.1) is 0 Å². The van der Waals surface area contributed by atoms with Gasteiger partial charge in [0.2, 0.25) is 0 Å². The summed E-state index contributed by atoms with van der Waals surface area (Å²) in [7, 11) is 0. The Labute approximate surface area is 129 Å². The Morgan fingerprint density at radius 1 is 1.40 bits per heavy atom. The molecule has 1 aromatic rings. The van der Waals surface area contributed by atoms with Crippen LogP contribution >= 0.6 is 23.2 Å². The Morgan fingerprint density at radius 2 is 2.15 bits per heavy atom. The molecule has 0 aromatic heterocycles. The fourth-order valence-electron chi connectivity index (χ4n) is 2.89. The lowest BCUT2D eigenvalue weighted by Gasteiger charge is -2.42. The van der Waals surface area contributed by atoms with Crippen molar-refractivity contribution in [1.82, 2.24) is 5.32 Å². The van der Waals surface area contributed by atoms with E-state index in [0.717, 1.165) is 19.3 Å². The van der Waals surface area contributed by atoms with Crippen molar-refractivity contribution >= 4 is 29.1 Å². The number of amides is 1. The maximum Gasteiger partial charge on any atom is 0.251 e. The first kappa shape index (κ1) is 15.6. The highest BCUT2D eigenvalue weighted by molar-refractivity contribution is 6.42. The zero-order valence-electron chi connectivity index (χ0n) is 11.6. The summed E-state index contributed by atoms with van der Waals surface area (Å²) in [6.07, 6.45) is 4.32. The normalized spacial score (nSPS) is 26.3. The largest absolute Gasteiger partial charge is 0.345 e. The zero-order valence-corrected chi connectivity index (χ0v) is 13.1. The van der Waals surface area contributed by atoms with Crippen LogP contribution in [0, 0.1) is 5.92 Å². The molecule has 3 N–H and O–H groups in total. The summed E-state index contributed by atoms with van der Waals surface area (Å²) in [5, 5.41) is 3.96. The molecule has 2 rings (SSSR count). The fourth-order valence-corrected chi connectivity index (χ4v) is 3.19. The van der Waals surface area contributed by atoms with Crippen LogP contribution in [0.3, 0.4) is 0 Å². The molecular weight excluding hydrogens is 295 g/mol. The van der Waals surface area contributed by atoms with Gasteiger partial charge < -0.3 is 11.1 Å². The molecule has 0 saturated heterocycles. The Kier molecular flexibility index (Phi) is 4.95. The Hall–Kier alpha value is -0.770. The first-order valence-corrected chi connectivity index (χ1v) is 7.72. The SMILES string of the molecule is CC1CCCCC1(CN)NC(=O)c1ccc(Cl)c(Cl)c1. The second-order valence-electron chi connectivity index (χ2n) is 5.59. The molecule has 1 aliphatic rings. The maximum absolute atomic E-state index is 12.4. The lowest BCUT2D eigenvalue weighted by atomic mass is 9.73. The third kappa shape index (κ3) is 3.11. The summed E-state index contributed by atoms with van der Waals surface area (Å²) in [5.74, 6) is 0.246. The Bertz CT molecular complexity index is 507. The summed E-state index contributed by atoms with van der Waals surface area (Å²) in [4.78, 5) is 12.4. The summed E-state index contributed by atoms with van der Waals surface area (Å²) in [6.45, 7) is 2.61. The van der Waals surface area contributed by atoms with Gasteiger partial charge in [0.15, 0.2) is 0 Å². The van der Waals surface area contributed by atoms with Crippen molar-refractivity contribution in [3.63, 3.8) is 0 Å². The van der Waals surface area contributed by atoms with Crippen LogP contribution in [0.25, 0.3) is 0 Å². The molecule has 0 radical (unpaired) electrons. The van der Waals surface area contributed by atoms with E-state index in [9.17, 15) is 4.79 Å². The van der Waals surface area contributed by atoms with Crippen LogP contribution in [-0.2, 0) is 0 Å². The molecule has 1 saturated carbocycles. The van der Waals surface area contributed by atoms with Crippen LogP contribution in [0.2, 0.25) is 10.0 Å². The molecule has 3 nitrogen and oxygen atoms in total. The van der Waals surface area contributed by atoms with E-state index in [0.29, 0.717) is 28.1 Å². The number of nitrogens with one attached hydrogen (secondary N) is 1. The highest BCUT2D eigenvalue weighted by Crippen LogP contribution is 2.33. The van der Waals surface area contributed by atoms with E-state index < -0.39 is 0 Å². The second-order valence-corrected chi connectivity index (χ2v) is 6.40. The lowest BCUT2D eigenvalue weighted by molar-refractivity contribution is 0.0813. The summed E-state index contributed by atoms with van der Waals surface area (Å²) < 4.78 is 0. The van der Waals surface area contributed by atoms with Gasteiger partial charge in [-0.25, -0.2) is 0 Å². The molecule has 20 heavy (non-hydrogen) atoms. The minimum Gasteiger partial charge on any atom is -0.345 e. The molecule has 1 aromatic carbocycles. The highest BCUT2D eigenvalue weighted by atomic mass is 35.5. The number of hydrogen-bond donors (Lipinski definition) is 2. The first-order valence-electron chi connectivity index (χ1n) is 6.96. The molecular formula is C15H20Cl2N2O. The van der Waals surface area contributed by atoms with Crippen LogP contribution in [-0.4, -0.2) is 18.0 Å². The average molecular weight is 315 g/mol. The van der Waals surface area contributed by atoms with Crippen molar-refractivity contribution in [1.29, 1.82) is 0 Å². The predicted octanol–water partition coefficient (Wildman–Crippen LogP) is 3.63. The van der Waals surface area contributed by atoms with Crippen molar-refractivity contribution in [3.05, 3.63) is 33.8 Å². The number of carbonyl (C=O) groups is 1. The number of nitrogens with two attached hydrogens (primary N) is 1. The molecule has 0 spiro atoms. The van der Waals surface area contributed by atoms with E-state index >= 15 is 0 Å². The molecule has 0 bridgehead atoms. The Balaban J connectivity index is 2.18. The van der Waals surface area contributed by atoms with Crippen molar-refractivity contribution in [2.45, 2.75) is 38.1 Å². The monoisotopic (exact) mass is 314 g/mol. The number of rotatable bonds is 3. The number of carbonyl (C=O) groups excluding carboxylic acids is 1. The van der Waals surface area contributed by atoms with Crippen LogP contribution in [0.1, 0.15) is 43.0 Å². The number of benzene rings is 1. The van der Waals surface area contributed by atoms with Gasteiger partial charge in [-0.05, 0) is 37.0 Å². The number of halogens is 2. The van der Waals surface area contributed by atoms with E-state index in [1.807, 2.05) is 0 Å². The molecule has 5 heteroatoms. The van der Waals surface area contributed by atoms with Crippen LogP contribution in [0.15, 0.2) is 18.2 Å². The molecule has 0 heterocycles. The minimum atomic E-state index is -0.304. The molecule has 1 aliphatic carbocycles. The van der Waals surface area contributed by atoms with E-state index in [2.05, 4.69) is 12.2 Å². The smallest absolute Gasteiger partial charge is 0.251 e. The molecule has 1 amide bonds. The molecule has 110 valence electrons. The summed E-state index contributed by atoms with van der Waals surface area (Å²) >= 11 is 11.8. The van der Waals surface area contributed by atoms with Crippen molar-refractivity contribution in [2.75, 3.05) is 6.54 Å². The molecule has 1 fully saturated rings. The fraction of sp³-hybridized carbons (Fsp3) is 0.533. The van der Waals surface area contributed by atoms with Gasteiger partial charge in [-0.3, -0.25) is 4.79 Å². The van der Waals surface area contributed by atoms with Gasteiger partial charge in [-0.2, -0.15) is 0 Å². The predicted molar refractivity (Wildman–Crippen MR) is 83.3 cm³/mol. The van der Waals surface area contributed by atoms with E-state index in [1.54, 1.807) is 18.2 Å². The van der Waals surface area contributed by atoms with Crippen LogP contribution < -0.4 is 11.1 Å². The minimum absolute atomic E-state index is 0.136. The third-order valence-corrected chi connectivity index (χ3v) is 5.10. The molecule has 2 unspecified atom stereocenters. The van der Waals surface area contributed by atoms with Crippen molar-refractivity contribution in [2.24, 2.45) is 11.7 Å². The standard InChI is InChI=1S/C15H20Cl2N2O/c1-10-4-2-3-7-15(10,9-18)19-14(20)11-5-6-12(16)13(17)8-11/h5-6,8,10H,2-4,7,9,18H2,1H3,(H,19,20). The highest BCUT2D eigenvalue weighted by Gasteiger charge is 2.38. The molecule has 0 aliphatic heterocycles. The van der Waals surface area contributed by atoms with Crippen molar-refractivity contribution < 1.29 is 4.79 Å². The third-order valence-electron chi connectivity index (χ3n) is 4.36. The zero-order chi connectivity index (χ0) is 14.8. The second kappa shape index (κ2) is 6.33. The van der Waals surface area contributed by atoms with Gasteiger partial charge in [0.25, 0.3) is 5.91 Å². The van der Waals surface area contributed by atoms with Gasteiger partial charge in [0.05, 0.1) is 15.6 Å². The van der Waals surface area contributed by atoms with Gasteiger partial charge in [0, 0.05) is 12.1 Å². The van der Waals surface area contributed by atoms with Crippen molar-refractivity contribution in [3.8, 4) is 0 Å². The summed E-state index contributed by atoms with van der Waals surface area (Å²) in [6, 6.07) is 4.91. The van der Waals surface area contributed by atoms with E-state index in [4.69, 9.17) is 28.9 Å². The first-order chi connectivity index (χ1) is 9.48.